The van der Waals surface area contributed by atoms with Gasteiger partial charge in [-0.05, 0) is 55.7 Å². The first-order valence-electron chi connectivity index (χ1n) is 11.4. The number of nitrogens with one attached hydrogen (secondary N) is 1. The zero-order valence-electron chi connectivity index (χ0n) is 19.4. The lowest BCUT2D eigenvalue weighted by molar-refractivity contribution is 0.404. The topological polar surface area (TPSA) is 54.2 Å². The van der Waals surface area contributed by atoms with Crippen molar-refractivity contribution < 1.29 is 4.52 Å². The molecule has 1 atom stereocenters. The number of nitrogens with zero attached hydrogens (tertiary/aromatic N) is 3. The summed E-state index contributed by atoms with van der Waals surface area (Å²) in [5.74, 6) is 1.04. The molecule has 1 aliphatic rings. The lowest BCUT2D eigenvalue weighted by Crippen LogP contribution is -2.46. The van der Waals surface area contributed by atoms with Crippen molar-refractivity contribution in [1.29, 1.82) is 0 Å². The molecule has 1 unspecified atom stereocenters. The molecular formula is C28H26N4OS. The van der Waals surface area contributed by atoms with E-state index in [9.17, 15) is 0 Å². The van der Waals surface area contributed by atoms with Crippen LogP contribution in [0.2, 0.25) is 0 Å². The van der Waals surface area contributed by atoms with Crippen LogP contribution in [-0.4, -0.2) is 15.3 Å². The quantitative estimate of drug-likeness (QED) is 0.340. The zero-order chi connectivity index (χ0) is 23.7. The number of hydrogen-bond acceptors (Lipinski definition) is 4. The first-order chi connectivity index (χ1) is 16.5. The Kier molecular flexibility index (Phi) is 5.99. The number of anilines is 1. The van der Waals surface area contributed by atoms with E-state index >= 15 is 0 Å². The zero-order valence-corrected chi connectivity index (χ0v) is 20.3. The molecule has 0 saturated heterocycles. The van der Waals surface area contributed by atoms with Gasteiger partial charge in [-0.3, -0.25) is 4.90 Å². The van der Waals surface area contributed by atoms with Crippen molar-refractivity contribution in [1.82, 2.24) is 15.5 Å². The molecule has 170 valence electrons. The molecule has 2 heterocycles. The van der Waals surface area contributed by atoms with Crippen molar-refractivity contribution in [3.05, 3.63) is 107 Å². The van der Waals surface area contributed by atoms with Crippen molar-refractivity contribution >= 4 is 28.6 Å². The van der Waals surface area contributed by atoms with E-state index in [0.29, 0.717) is 16.8 Å². The van der Waals surface area contributed by atoms with E-state index in [-0.39, 0.29) is 6.04 Å². The molecule has 0 fully saturated rings. The van der Waals surface area contributed by atoms with Crippen LogP contribution < -0.4 is 10.2 Å². The highest BCUT2D eigenvalue weighted by Crippen LogP contribution is 2.39. The summed E-state index contributed by atoms with van der Waals surface area (Å²) in [5, 5.41) is 8.46. The summed E-state index contributed by atoms with van der Waals surface area (Å²) >= 11 is 5.87. The first-order valence-corrected chi connectivity index (χ1v) is 11.8. The van der Waals surface area contributed by atoms with Gasteiger partial charge in [0.05, 0.1) is 11.6 Å². The van der Waals surface area contributed by atoms with Gasteiger partial charge in [0, 0.05) is 16.9 Å². The Morgan fingerprint density at radius 2 is 1.74 bits per heavy atom. The Morgan fingerprint density at radius 1 is 0.971 bits per heavy atom. The van der Waals surface area contributed by atoms with E-state index in [1.807, 2.05) is 30.3 Å². The van der Waals surface area contributed by atoms with Crippen molar-refractivity contribution in [3.63, 3.8) is 0 Å². The Bertz CT molecular complexity index is 1360. The van der Waals surface area contributed by atoms with Crippen LogP contribution in [0.4, 0.5) is 5.69 Å². The number of thiocarbonyl (C=S) groups is 1. The van der Waals surface area contributed by atoms with Gasteiger partial charge in [-0.2, -0.15) is 4.98 Å². The molecule has 0 saturated carbocycles. The highest BCUT2D eigenvalue weighted by Gasteiger charge is 2.34. The molecule has 1 N–H and O–H groups in total. The van der Waals surface area contributed by atoms with Crippen molar-refractivity contribution in [2.45, 2.75) is 33.2 Å². The second-order valence-corrected chi connectivity index (χ2v) is 8.83. The van der Waals surface area contributed by atoms with Crippen LogP contribution in [0.3, 0.4) is 0 Å². The standard InChI is InChI=1S/C28H26N4OS/c1-4-20-9-8-12-23(17-20)32-19(3)24(25(29-28(32)34)21-15-13-18(2)14-16-21)27-30-26(31-33-27)22-10-6-5-7-11-22/h5-17,25H,4H2,1-3H3,(H,29,34). The van der Waals surface area contributed by atoms with Gasteiger partial charge in [-0.15, -0.1) is 0 Å². The Hall–Kier alpha value is -3.77. The van der Waals surface area contributed by atoms with Crippen LogP contribution in [0.5, 0.6) is 0 Å². The molecule has 6 heteroatoms. The van der Waals surface area contributed by atoms with Gasteiger partial charge in [0.2, 0.25) is 5.82 Å². The summed E-state index contributed by atoms with van der Waals surface area (Å²) in [7, 11) is 0. The van der Waals surface area contributed by atoms with Crippen molar-refractivity contribution in [2.24, 2.45) is 0 Å². The lowest BCUT2D eigenvalue weighted by atomic mass is 9.94. The van der Waals surface area contributed by atoms with E-state index in [1.54, 1.807) is 0 Å². The second kappa shape index (κ2) is 9.23. The minimum absolute atomic E-state index is 0.206. The van der Waals surface area contributed by atoms with Gasteiger partial charge in [-0.25, -0.2) is 0 Å². The fourth-order valence-corrected chi connectivity index (χ4v) is 4.65. The highest BCUT2D eigenvalue weighted by atomic mass is 32.1. The molecule has 34 heavy (non-hydrogen) atoms. The number of rotatable bonds is 5. The average molecular weight is 467 g/mol. The van der Waals surface area contributed by atoms with E-state index in [0.717, 1.165) is 34.5 Å². The summed E-state index contributed by atoms with van der Waals surface area (Å²) in [6, 6.07) is 26.5. The predicted molar refractivity (Wildman–Crippen MR) is 140 cm³/mol. The van der Waals surface area contributed by atoms with Crippen LogP contribution >= 0.6 is 12.2 Å². The van der Waals surface area contributed by atoms with Crippen LogP contribution in [0.1, 0.15) is 42.5 Å². The molecule has 5 nitrogen and oxygen atoms in total. The maximum atomic E-state index is 5.87. The summed E-state index contributed by atoms with van der Waals surface area (Å²) in [6.45, 7) is 6.29. The van der Waals surface area contributed by atoms with Crippen LogP contribution in [0.15, 0.2) is 89.1 Å². The van der Waals surface area contributed by atoms with E-state index in [4.69, 9.17) is 21.7 Å². The normalized spacial score (nSPS) is 16.0. The molecule has 0 amide bonds. The molecule has 0 spiro atoms. The minimum atomic E-state index is -0.206. The Balaban J connectivity index is 1.66. The number of allylic oxidation sites excluding steroid dienone is 1. The summed E-state index contributed by atoms with van der Waals surface area (Å²) in [6.07, 6.45) is 0.952. The third kappa shape index (κ3) is 4.13. The van der Waals surface area contributed by atoms with Gasteiger partial charge in [0.15, 0.2) is 5.11 Å². The van der Waals surface area contributed by atoms with E-state index in [1.165, 1.54) is 11.1 Å². The SMILES string of the molecule is CCc1cccc(N2C(=S)NC(c3ccc(C)cc3)C(c3nc(-c4ccccc4)no3)=C2C)c1. The van der Waals surface area contributed by atoms with Gasteiger partial charge in [-0.1, -0.05) is 84.4 Å². The Labute approximate surface area is 205 Å². The molecule has 1 aliphatic heterocycles. The van der Waals surface area contributed by atoms with Crippen LogP contribution in [0, 0.1) is 6.92 Å². The summed E-state index contributed by atoms with van der Waals surface area (Å²) in [5.41, 5.74) is 7.33. The predicted octanol–water partition coefficient (Wildman–Crippen LogP) is 6.47. The first kappa shape index (κ1) is 22.0. The molecule has 4 aromatic rings. The molecule has 5 rings (SSSR count). The van der Waals surface area contributed by atoms with Crippen molar-refractivity contribution in [3.8, 4) is 11.4 Å². The molecule has 0 aliphatic carbocycles. The lowest BCUT2D eigenvalue weighted by Gasteiger charge is -2.37. The second-order valence-electron chi connectivity index (χ2n) is 8.44. The maximum Gasteiger partial charge on any atom is 0.258 e. The molecule has 0 radical (unpaired) electrons. The highest BCUT2D eigenvalue weighted by molar-refractivity contribution is 7.80. The molecular weight excluding hydrogens is 440 g/mol. The summed E-state index contributed by atoms with van der Waals surface area (Å²) in [4.78, 5) is 6.85. The maximum absolute atomic E-state index is 5.87. The van der Waals surface area contributed by atoms with Gasteiger partial charge in [0.25, 0.3) is 5.89 Å². The Morgan fingerprint density at radius 3 is 2.47 bits per heavy atom. The largest absolute Gasteiger partial charge is 0.351 e. The molecule has 1 aromatic heterocycles. The fraction of sp³-hybridized carbons (Fsp3) is 0.179. The van der Waals surface area contributed by atoms with E-state index in [2.05, 4.69) is 84.7 Å². The smallest absolute Gasteiger partial charge is 0.258 e. The van der Waals surface area contributed by atoms with Crippen LogP contribution in [0.25, 0.3) is 17.0 Å². The number of benzene rings is 3. The number of aromatic nitrogens is 2. The monoisotopic (exact) mass is 466 g/mol. The van der Waals surface area contributed by atoms with Gasteiger partial charge < -0.3 is 9.84 Å². The third-order valence-corrected chi connectivity index (χ3v) is 6.46. The number of aryl methyl sites for hydroxylation is 2. The number of hydrogen-bond donors (Lipinski definition) is 1. The van der Waals surface area contributed by atoms with E-state index < -0.39 is 0 Å². The minimum Gasteiger partial charge on any atom is -0.351 e. The fourth-order valence-electron chi connectivity index (χ4n) is 4.29. The van der Waals surface area contributed by atoms with Crippen molar-refractivity contribution in [2.75, 3.05) is 4.90 Å². The summed E-state index contributed by atoms with van der Waals surface area (Å²) < 4.78 is 5.84. The van der Waals surface area contributed by atoms with Gasteiger partial charge >= 0.3 is 0 Å². The van der Waals surface area contributed by atoms with Gasteiger partial charge in [0.1, 0.15) is 0 Å². The third-order valence-electron chi connectivity index (χ3n) is 6.16. The van der Waals surface area contributed by atoms with Crippen LogP contribution in [-0.2, 0) is 6.42 Å². The molecule has 0 bridgehead atoms. The molecule has 3 aromatic carbocycles. The average Bonchev–Trinajstić information content (AvgIpc) is 3.35.